The summed E-state index contributed by atoms with van der Waals surface area (Å²) in [6.07, 6.45) is 0. The summed E-state index contributed by atoms with van der Waals surface area (Å²) in [4.78, 5) is 13.5. The zero-order chi connectivity index (χ0) is 13.1. The van der Waals surface area contributed by atoms with Crippen LogP contribution in [0.25, 0.3) is 0 Å². The molecule has 4 nitrogen and oxygen atoms in total. The molecule has 1 heterocycles. The first-order chi connectivity index (χ1) is 8.58. The second-order valence-electron chi connectivity index (χ2n) is 4.65. The van der Waals surface area contributed by atoms with Crippen molar-refractivity contribution < 1.29 is 9.90 Å². The van der Waals surface area contributed by atoms with Gasteiger partial charge in [0.2, 0.25) is 0 Å². The Morgan fingerprint density at radius 1 is 1.61 bits per heavy atom. The maximum absolute atomic E-state index is 11.5. The minimum Gasteiger partial charge on any atom is -0.480 e. The summed E-state index contributed by atoms with van der Waals surface area (Å²) in [6.45, 7) is 4.33. The van der Waals surface area contributed by atoms with Gasteiger partial charge in [0.1, 0.15) is 6.04 Å². The number of carboxylic acid groups (broad SMARTS) is 1. The lowest BCUT2D eigenvalue weighted by Crippen LogP contribution is -2.51. The van der Waals surface area contributed by atoms with Crippen LogP contribution in [-0.4, -0.2) is 41.7 Å². The van der Waals surface area contributed by atoms with Crippen molar-refractivity contribution in [1.82, 2.24) is 10.2 Å². The zero-order valence-corrected chi connectivity index (χ0v) is 11.0. The van der Waals surface area contributed by atoms with Crippen molar-refractivity contribution >= 4 is 17.6 Å². The number of aliphatic carboxylic acids is 1. The van der Waals surface area contributed by atoms with E-state index in [1.807, 2.05) is 11.0 Å². The van der Waals surface area contributed by atoms with Gasteiger partial charge >= 0.3 is 5.97 Å². The fourth-order valence-electron chi connectivity index (χ4n) is 2.38. The first-order valence-electron chi connectivity index (χ1n) is 6.03. The predicted octanol–water partition coefficient (Wildman–Crippen LogP) is 1.76. The molecular formula is C13H17ClN2O2. The number of nitrogens with zero attached hydrogens (tertiary/aromatic N) is 1. The maximum atomic E-state index is 11.5. The third kappa shape index (κ3) is 3.02. The Morgan fingerprint density at radius 2 is 2.39 bits per heavy atom. The average Bonchev–Trinajstić information content (AvgIpc) is 2.28. The summed E-state index contributed by atoms with van der Waals surface area (Å²) in [5.41, 5.74) is 0.740. The molecule has 0 spiro atoms. The molecule has 1 aliphatic rings. The Hall–Kier alpha value is -1.10. The minimum absolute atomic E-state index is 0.305. The van der Waals surface area contributed by atoms with Crippen LogP contribution in [0.1, 0.15) is 18.5 Å². The molecule has 0 amide bonds. The summed E-state index contributed by atoms with van der Waals surface area (Å²) in [5, 5.41) is 13.3. The molecule has 1 aromatic rings. The van der Waals surface area contributed by atoms with Gasteiger partial charge in [-0.1, -0.05) is 23.7 Å². The highest BCUT2D eigenvalue weighted by Gasteiger charge is 2.30. The van der Waals surface area contributed by atoms with Gasteiger partial charge in [0.25, 0.3) is 0 Å². The van der Waals surface area contributed by atoms with Gasteiger partial charge in [0, 0.05) is 30.7 Å². The van der Waals surface area contributed by atoms with Gasteiger partial charge in [0.05, 0.1) is 0 Å². The van der Waals surface area contributed by atoms with E-state index in [0.29, 0.717) is 11.1 Å². The lowest BCUT2D eigenvalue weighted by atomic mass is 10.0. The third-order valence-corrected chi connectivity index (χ3v) is 3.40. The lowest BCUT2D eigenvalue weighted by Gasteiger charge is -2.36. The average molecular weight is 269 g/mol. The summed E-state index contributed by atoms with van der Waals surface area (Å²) in [5.74, 6) is -0.827. The second kappa shape index (κ2) is 5.69. The van der Waals surface area contributed by atoms with Crippen LogP contribution in [0.2, 0.25) is 5.02 Å². The number of hydrogen-bond acceptors (Lipinski definition) is 3. The predicted molar refractivity (Wildman–Crippen MR) is 70.9 cm³/mol. The Labute approximate surface area is 112 Å². The molecule has 0 saturated carbocycles. The molecule has 98 valence electrons. The topological polar surface area (TPSA) is 52.6 Å². The van der Waals surface area contributed by atoms with Gasteiger partial charge < -0.3 is 10.4 Å². The fourth-order valence-corrected chi connectivity index (χ4v) is 2.58. The van der Waals surface area contributed by atoms with E-state index < -0.39 is 12.0 Å². The van der Waals surface area contributed by atoms with Crippen LogP contribution in [0, 0.1) is 0 Å². The highest BCUT2D eigenvalue weighted by Crippen LogP contribution is 2.24. The number of benzene rings is 1. The molecule has 0 bridgehead atoms. The van der Waals surface area contributed by atoms with E-state index in [1.165, 1.54) is 0 Å². The summed E-state index contributed by atoms with van der Waals surface area (Å²) >= 11 is 5.94. The number of nitrogens with one attached hydrogen (secondary N) is 1. The maximum Gasteiger partial charge on any atom is 0.325 e. The zero-order valence-electron chi connectivity index (χ0n) is 10.3. The lowest BCUT2D eigenvalue weighted by molar-refractivity contribution is -0.144. The van der Waals surface area contributed by atoms with E-state index in [0.717, 1.165) is 25.2 Å². The molecule has 5 heteroatoms. The fraction of sp³-hybridized carbons (Fsp3) is 0.462. The minimum atomic E-state index is -0.827. The molecule has 2 unspecified atom stereocenters. The molecule has 0 radical (unpaired) electrons. The number of carbonyl (C=O) groups is 1. The molecule has 1 aliphatic heterocycles. The molecule has 1 aromatic carbocycles. The number of piperazine rings is 1. The number of rotatable bonds is 3. The molecule has 18 heavy (non-hydrogen) atoms. The third-order valence-electron chi connectivity index (χ3n) is 3.16. The van der Waals surface area contributed by atoms with Crippen LogP contribution >= 0.6 is 11.6 Å². The quantitative estimate of drug-likeness (QED) is 0.877. The first-order valence-corrected chi connectivity index (χ1v) is 6.41. The van der Waals surface area contributed by atoms with Crippen LogP contribution in [0.15, 0.2) is 24.3 Å². The first kappa shape index (κ1) is 13.3. The van der Waals surface area contributed by atoms with Crippen molar-refractivity contribution in [3.05, 3.63) is 34.9 Å². The van der Waals surface area contributed by atoms with Gasteiger partial charge in [-0.3, -0.25) is 9.69 Å². The SMILES string of the molecule is CC1CN(C(C(=O)O)c2cccc(Cl)c2)CCN1. The van der Waals surface area contributed by atoms with Crippen LogP contribution in [0.3, 0.4) is 0 Å². The number of halogens is 1. The molecule has 2 N–H and O–H groups in total. The van der Waals surface area contributed by atoms with E-state index in [1.54, 1.807) is 18.2 Å². The van der Waals surface area contributed by atoms with E-state index in [4.69, 9.17) is 11.6 Å². The summed E-state index contributed by atoms with van der Waals surface area (Å²) < 4.78 is 0. The van der Waals surface area contributed by atoms with Crippen molar-refractivity contribution in [3.8, 4) is 0 Å². The van der Waals surface area contributed by atoms with E-state index in [9.17, 15) is 9.90 Å². The standard InChI is InChI=1S/C13H17ClN2O2/c1-9-8-16(6-5-15-9)12(13(17)18)10-3-2-4-11(14)7-10/h2-4,7,9,12,15H,5-6,8H2,1H3,(H,17,18). The van der Waals surface area contributed by atoms with Crippen LogP contribution in [0.5, 0.6) is 0 Å². The largest absolute Gasteiger partial charge is 0.480 e. The van der Waals surface area contributed by atoms with E-state index >= 15 is 0 Å². The van der Waals surface area contributed by atoms with Crippen molar-refractivity contribution in [1.29, 1.82) is 0 Å². The number of carboxylic acids is 1. The van der Waals surface area contributed by atoms with Crippen LogP contribution < -0.4 is 5.32 Å². The number of hydrogen-bond donors (Lipinski definition) is 2. The van der Waals surface area contributed by atoms with Gasteiger partial charge in [-0.15, -0.1) is 0 Å². The van der Waals surface area contributed by atoms with Crippen molar-refractivity contribution in [2.45, 2.75) is 19.0 Å². The Bertz CT molecular complexity index is 439. The normalized spacial score (nSPS) is 22.7. The molecule has 0 aromatic heterocycles. The molecule has 0 aliphatic carbocycles. The van der Waals surface area contributed by atoms with E-state index in [-0.39, 0.29) is 0 Å². The summed E-state index contributed by atoms with van der Waals surface area (Å²) in [6, 6.07) is 6.78. The molecule has 2 atom stereocenters. The Morgan fingerprint density at radius 3 is 3.00 bits per heavy atom. The highest BCUT2D eigenvalue weighted by atomic mass is 35.5. The van der Waals surface area contributed by atoms with Gasteiger partial charge in [-0.05, 0) is 24.6 Å². The molecular weight excluding hydrogens is 252 g/mol. The Balaban J connectivity index is 2.25. The van der Waals surface area contributed by atoms with Gasteiger partial charge in [-0.25, -0.2) is 0 Å². The van der Waals surface area contributed by atoms with Crippen molar-refractivity contribution in [2.24, 2.45) is 0 Å². The molecule has 1 saturated heterocycles. The smallest absolute Gasteiger partial charge is 0.325 e. The van der Waals surface area contributed by atoms with Crippen LogP contribution in [0.4, 0.5) is 0 Å². The van der Waals surface area contributed by atoms with Crippen LogP contribution in [-0.2, 0) is 4.79 Å². The monoisotopic (exact) mass is 268 g/mol. The Kier molecular flexibility index (Phi) is 4.22. The second-order valence-corrected chi connectivity index (χ2v) is 5.08. The van der Waals surface area contributed by atoms with Crippen molar-refractivity contribution in [2.75, 3.05) is 19.6 Å². The summed E-state index contributed by atoms with van der Waals surface area (Å²) in [7, 11) is 0. The van der Waals surface area contributed by atoms with Gasteiger partial charge in [0.15, 0.2) is 0 Å². The molecule has 1 fully saturated rings. The van der Waals surface area contributed by atoms with Crippen molar-refractivity contribution in [3.63, 3.8) is 0 Å². The molecule has 2 rings (SSSR count). The van der Waals surface area contributed by atoms with Gasteiger partial charge in [-0.2, -0.15) is 0 Å². The highest BCUT2D eigenvalue weighted by molar-refractivity contribution is 6.30. The van der Waals surface area contributed by atoms with E-state index in [2.05, 4.69) is 12.2 Å².